The molecule has 0 bridgehead atoms. The topological polar surface area (TPSA) is 92.5 Å². The molecule has 0 radical (unpaired) electrons. The average Bonchev–Trinajstić information content (AvgIpc) is 2.86. The Kier molecular flexibility index (Phi) is 3.86. The summed E-state index contributed by atoms with van der Waals surface area (Å²) in [7, 11) is 0. The van der Waals surface area contributed by atoms with Gasteiger partial charge < -0.3 is 11.1 Å². The highest BCUT2D eigenvalue weighted by Gasteiger charge is 2.72. The molecular weight excluding hydrogens is 270 g/mol. The van der Waals surface area contributed by atoms with Gasteiger partial charge in [-0.05, 0) is 31.7 Å². The van der Waals surface area contributed by atoms with Gasteiger partial charge in [-0.3, -0.25) is 19.3 Å². The number of primary amides is 1. The van der Waals surface area contributed by atoms with Gasteiger partial charge in [0.2, 0.25) is 17.7 Å². The molecule has 2 aliphatic rings. The van der Waals surface area contributed by atoms with E-state index in [0.717, 1.165) is 6.42 Å². The molecule has 2 fully saturated rings. The molecule has 3 amide bonds. The molecule has 1 heterocycles. The molecule has 2 rings (SSSR count). The van der Waals surface area contributed by atoms with Crippen LogP contribution < -0.4 is 11.1 Å². The van der Waals surface area contributed by atoms with Gasteiger partial charge in [0, 0.05) is 6.54 Å². The van der Waals surface area contributed by atoms with E-state index in [1.165, 1.54) is 4.90 Å². The van der Waals surface area contributed by atoms with Crippen molar-refractivity contribution in [3.05, 3.63) is 0 Å². The molecule has 6 heteroatoms. The van der Waals surface area contributed by atoms with E-state index in [1.807, 2.05) is 20.8 Å². The Morgan fingerprint density at radius 1 is 1.33 bits per heavy atom. The zero-order valence-electron chi connectivity index (χ0n) is 13.2. The number of likely N-dealkylation sites (tertiary alicyclic amines) is 1. The summed E-state index contributed by atoms with van der Waals surface area (Å²) in [6.45, 7) is 8.53. The van der Waals surface area contributed by atoms with E-state index in [2.05, 4.69) is 5.32 Å². The van der Waals surface area contributed by atoms with Crippen molar-refractivity contribution in [1.29, 1.82) is 0 Å². The molecule has 1 aliphatic carbocycles. The summed E-state index contributed by atoms with van der Waals surface area (Å²) < 4.78 is 0. The zero-order chi connectivity index (χ0) is 16.0. The highest BCUT2D eigenvalue weighted by Crippen LogP contribution is 2.63. The summed E-state index contributed by atoms with van der Waals surface area (Å²) >= 11 is 0. The van der Waals surface area contributed by atoms with Gasteiger partial charge in [0.05, 0.1) is 17.4 Å². The fourth-order valence-corrected chi connectivity index (χ4v) is 3.26. The first-order chi connectivity index (χ1) is 9.66. The second-order valence-electron chi connectivity index (χ2n) is 6.98. The minimum Gasteiger partial charge on any atom is -0.368 e. The standard InChI is InChI=1S/C15H25N3O3/c1-5-7-17-15(4,13(16)21)6-8-18-11(19)9-10(12(18)20)14(9,2)3/h9-10,17H,5-8H2,1-4H3,(H2,16,21). The van der Waals surface area contributed by atoms with Gasteiger partial charge in [-0.25, -0.2) is 0 Å². The molecule has 0 aromatic rings. The average molecular weight is 295 g/mol. The SMILES string of the molecule is CCCNC(C)(CCN1C(=O)C2C(C1=O)C2(C)C)C(N)=O. The molecular formula is C15H25N3O3. The highest BCUT2D eigenvalue weighted by atomic mass is 16.2. The molecule has 0 spiro atoms. The normalized spacial score (nSPS) is 29.2. The molecule has 1 aliphatic heterocycles. The van der Waals surface area contributed by atoms with Crippen LogP contribution >= 0.6 is 0 Å². The van der Waals surface area contributed by atoms with Crippen molar-refractivity contribution in [3.63, 3.8) is 0 Å². The third-order valence-electron chi connectivity index (χ3n) is 5.04. The number of hydrogen-bond donors (Lipinski definition) is 2. The van der Waals surface area contributed by atoms with Crippen LogP contribution in [0.1, 0.15) is 40.5 Å². The Bertz CT molecular complexity index is 465. The van der Waals surface area contributed by atoms with E-state index in [4.69, 9.17) is 5.73 Å². The summed E-state index contributed by atoms with van der Waals surface area (Å²) in [6.07, 6.45) is 1.22. The molecule has 3 atom stereocenters. The zero-order valence-corrected chi connectivity index (χ0v) is 13.2. The number of amides is 3. The lowest BCUT2D eigenvalue weighted by atomic mass is 9.96. The molecule has 21 heavy (non-hydrogen) atoms. The van der Waals surface area contributed by atoms with Crippen molar-refractivity contribution in [3.8, 4) is 0 Å². The molecule has 6 nitrogen and oxygen atoms in total. The van der Waals surface area contributed by atoms with Gasteiger partial charge in [-0.1, -0.05) is 20.8 Å². The fraction of sp³-hybridized carbons (Fsp3) is 0.800. The van der Waals surface area contributed by atoms with Crippen LogP contribution in [0, 0.1) is 17.3 Å². The molecule has 3 unspecified atom stereocenters. The lowest BCUT2D eigenvalue weighted by molar-refractivity contribution is -0.144. The van der Waals surface area contributed by atoms with Gasteiger partial charge in [-0.15, -0.1) is 0 Å². The smallest absolute Gasteiger partial charge is 0.237 e. The lowest BCUT2D eigenvalue weighted by Gasteiger charge is -2.30. The maximum absolute atomic E-state index is 12.2. The largest absolute Gasteiger partial charge is 0.368 e. The first-order valence-corrected chi connectivity index (χ1v) is 7.57. The molecule has 1 saturated carbocycles. The third-order valence-corrected chi connectivity index (χ3v) is 5.04. The first-order valence-electron chi connectivity index (χ1n) is 7.57. The number of rotatable bonds is 7. The van der Waals surface area contributed by atoms with E-state index in [1.54, 1.807) is 6.92 Å². The van der Waals surface area contributed by atoms with Gasteiger partial charge in [0.25, 0.3) is 0 Å². The number of imide groups is 1. The maximum atomic E-state index is 12.2. The van der Waals surface area contributed by atoms with E-state index >= 15 is 0 Å². The Hall–Kier alpha value is -1.43. The molecule has 3 N–H and O–H groups in total. The number of hydrogen-bond acceptors (Lipinski definition) is 4. The van der Waals surface area contributed by atoms with Crippen molar-refractivity contribution >= 4 is 17.7 Å². The van der Waals surface area contributed by atoms with Crippen LogP contribution in [0.5, 0.6) is 0 Å². The number of piperidine rings is 1. The van der Waals surface area contributed by atoms with Gasteiger partial charge in [0.15, 0.2) is 0 Å². The Balaban J connectivity index is 1.98. The maximum Gasteiger partial charge on any atom is 0.237 e. The van der Waals surface area contributed by atoms with Crippen molar-refractivity contribution in [1.82, 2.24) is 10.2 Å². The minimum absolute atomic E-state index is 0.0997. The van der Waals surface area contributed by atoms with E-state index < -0.39 is 11.4 Å². The van der Waals surface area contributed by atoms with Crippen molar-refractivity contribution in [2.24, 2.45) is 23.0 Å². The Morgan fingerprint density at radius 3 is 2.29 bits per heavy atom. The van der Waals surface area contributed by atoms with E-state index in [-0.39, 0.29) is 35.6 Å². The lowest BCUT2D eigenvalue weighted by Crippen LogP contribution is -2.55. The molecule has 1 saturated heterocycles. The van der Waals surface area contributed by atoms with Gasteiger partial charge in [-0.2, -0.15) is 0 Å². The number of carbonyl (C=O) groups is 3. The number of fused-ring (bicyclic) bond motifs is 1. The predicted octanol–water partition coefficient (Wildman–Crippen LogP) is 0.261. The Labute approximate surface area is 125 Å². The number of nitrogens with zero attached hydrogens (tertiary/aromatic N) is 1. The van der Waals surface area contributed by atoms with Crippen LogP contribution in [-0.4, -0.2) is 41.2 Å². The van der Waals surface area contributed by atoms with Gasteiger partial charge in [0.1, 0.15) is 0 Å². The van der Waals surface area contributed by atoms with Crippen LogP contribution in [0.2, 0.25) is 0 Å². The van der Waals surface area contributed by atoms with Crippen LogP contribution in [0.3, 0.4) is 0 Å². The number of carbonyl (C=O) groups excluding carboxylic acids is 3. The predicted molar refractivity (Wildman–Crippen MR) is 78.0 cm³/mol. The summed E-state index contributed by atoms with van der Waals surface area (Å²) in [4.78, 5) is 37.4. The quantitative estimate of drug-likeness (QED) is 0.659. The second-order valence-corrected chi connectivity index (χ2v) is 6.98. The van der Waals surface area contributed by atoms with Crippen LogP contribution in [0.25, 0.3) is 0 Å². The molecule has 118 valence electrons. The van der Waals surface area contributed by atoms with Crippen LogP contribution in [-0.2, 0) is 14.4 Å². The second kappa shape index (κ2) is 5.09. The number of nitrogens with one attached hydrogen (secondary N) is 1. The summed E-state index contributed by atoms with van der Waals surface area (Å²) in [5.41, 5.74) is 4.37. The first kappa shape index (κ1) is 15.9. The highest BCUT2D eigenvalue weighted by molar-refractivity contribution is 6.10. The summed E-state index contributed by atoms with van der Waals surface area (Å²) in [6, 6.07) is 0. The minimum atomic E-state index is -0.890. The van der Waals surface area contributed by atoms with E-state index in [0.29, 0.717) is 13.0 Å². The van der Waals surface area contributed by atoms with Crippen molar-refractivity contribution in [2.45, 2.75) is 46.1 Å². The van der Waals surface area contributed by atoms with Crippen LogP contribution in [0.4, 0.5) is 0 Å². The van der Waals surface area contributed by atoms with Gasteiger partial charge >= 0.3 is 0 Å². The summed E-state index contributed by atoms with van der Waals surface area (Å²) in [5.74, 6) is -1.00. The van der Waals surface area contributed by atoms with Crippen molar-refractivity contribution in [2.75, 3.05) is 13.1 Å². The summed E-state index contributed by atoms with van der Waals surface area (Å²) in [5, 5.41) is 3.11. The Morgan fingerprint density at radius 2 is 1.86 bits per heavy atom. The molecule has 0 aromatic carbocycles. The fourth-order valence-electron chi connectivity index (χ4n) is 3.26. The van der Waals surface area contributed by atoms with Crippen LogP contribution in [0.15, 0.2) is 0 Å². The monoisotopic (exact) mass is 295 g/mol. The van der Waals surface area contributed by atoms with Crippen molar-refractivity contribution < 1.29 is 14.4 Å². The number of nitrogens with two attached hydrogens (primary N) is 1. The van der Waals surface area contributed by atoms with E-state index in [9.17, 15) is 14.4 Å². The molecule has 0 aromatic heterocycles. The third kappa shape index (κ3) is 2.46.